The highest BCUT2D eigenvalue weighted by atomic mass is 19.1. The predicted molar refractivity (Wildman–Crippen MR) is 159 cm³/mol. The number of nitrogens with zero attached hydrogens (tertiary/aromatic N) is 4. The first-order valence-corrected chi connectivity index (χ1v) is 13.7. The molecule has 0 bridgehead atoms. The topological polar surface area (TPSA) is 70.7 Å². The van der Waals surface area contributed by atoms with Gasteiger partial charge in [0.2, 0.25) is 0 Å². The average Bonchev–Trinajstić information content (AvgIpc) is 3.51. The van der Waals surface area contributed by atoms with Gasteiger partial charge >= 0.3 is 5.97 Å². The summed E-state index contributed by atoms with van der Waals surface area (Å²) in [6.45, 7) is 10.0. The Hall–Kier alpha value is -4.26. The van der Waals surface area contributed by atoms with E-state index < -0.39 is 5.97 Å². The number of rotatable bonds is 7. The number of hydrogen-bond acceptors (Lipinski definition) is 4. The van der Waals surface area contributed by atoms with E-state index >= 15 is 0 Å². The third kappa shape index (κ3) is 6.14. The quantitative estimate of drug-likeness (QED) is 0.270. The van der Waals surface area contributed by atoms with Gasteiger partial charge in [0.1, 0.15) is 11.5 Å². The van der Waals surface area contributed by atoms with Crippen LogP contribution in [0.15, 0.2) is 78.0 Å². The maximum atomic E-state index is 14.4. The van der Waals surface area contributed by atoms with Crippen LogP contribution in [0.3, 0.4) is 0 Å². The fourth-order valence-corrected chi connectivity index (χ4v) is 5.11. The SMILES string of the molecule is CC.Cc1ccc(F)c(-c2ccc(Cc3ccc(N4N=C(c5ccn(C)n5)C(C)C4CC(=O)O)cc3)c(C)c2)c1. The van der Waals surface area contributed by atoms with Crippen LogP contribution >= 0.6 is 0 Å². The van der Waals surface area contributed by atoms with Gasteiger partial charge in [-0.25, -0.2) is 4.39 Å². The molecule has 5 rings (SSSR count). The lowest BCUT2D eigenvalue weighted by Crippen LogP contribution is -2.34. The number of halogens is 1. The van der Waals surface area contributed by atoms with Crippen LogP contribution in [0.5, 0.6) is 0 Å². The zero-order chi connectivity index (χ0) is 29.0. The molecule has 0 radical (unpaired) electrons. The second-order valence-corrected chi connectivity index (χ2v) is 10.1. The number of aliphatic carboxylic acids is 1. The van der Waals surface area contributed by atoms with Gasteiger partial charge in [-0.3, -0.25) is 14.5 Å². The molecule has 208 valence electrons. The van der Waals surface area contributed by atoms with Crippen molar-refractivity contribution >= 4 is 17.4 Å². The van der Waals surface area contributed by atoms with E-state index in [-0.39, 0.29) is 24.2 Å². The van der Waals surface area contributed by atoms with E-state index in [2.05, 4.69) is 30.2 Å². The summed E-state index contributed by atoms with van der Waals surface area (Å²) in [5.74, 6) is -1.16. The molecule has 1 aliphatic heterocycles. The molecule has 0 saturated carbocycles. The normalized spacial score (nSPS) is 16.4. The number of carboxylic acids is 1. The Balaban J connectivity index is 0.00000181. The minimum Gasteiger partial charge on any atom is -0.481 e. The maximum absolute atomic E-state index is 14.4. The molecule has 2 atom stereocenters. The Labute approximate surface area is 235 Å². The van der Waals surface area contributed by atoms with Crippen LogP contribution in [0.1, 0.15) is 55.1 Å². The van der Waals surface area contributed by atoms with E-state index in [1.165, 1.54) is 11.6 Å². The molecule has 0 amide bonds. The molecule has 0 saturated heterocycles. The highest BCUT2D eigenvalue weighted by Gasteiger charge is 2.38. The number of hydrogen-bond donors (Lipinski definition) is 1. The molecule has 40 heavy (non-hydrogen) atoms. The molecule has 3 aromatic carbocycles. The second-order valence-electron chi connectivity index (χ2n) is 10.1. The van der Waals surface area contributed by atoms with Crippen LogP contribution in [0.25, 0.3) is 11.1 Å². The molecule has 0 fully saturated rings. The molecule has 2 heterocycles. The van der Waals surface area contributed by atoms with Gasteiger partial charge in [0.05, 0.1) is 23.9 Å². The van der Waals surface area contributed by atoms with Crippen LogP contribution in [0.4, 0.5) is 10.1 Å². The second kappa shape index (κ2) is 12.3. The van der Waals surface area contributed by atoms with E-state index in [0.717, 1.165) is 45.8 Å². The molecule has 7 heteroatoms. The average molecular weight is 541 g/mol. The standard InChI is InChI=1S/C31H31FN4O2.C2H6/c1-19-5-12-27(32)26(15-19)24-9-8-23(20(2)16-24)17-22-6-10-25(11-7-22)36-29(18-30(37)38)21(3)31(34-36)28-13-14-35(4)33-28;1-2/h5-16,21,29H,17-18H2,1-4H3,(H,37,38);1-2H3. The Morgan fingerprint density at radius 1 is 1.00 bits per heavy atom. The van der Waals surface area contributed by atoms with Crippen LogP contribution in [-0.4, -0.2) is 32.6 Å². The molecule has 2 unspecified atom stereocenters. The number of carboxylic acid groups (broad SMARTS) is 1. The fraction of sp³-hybridized carbons (Fsp3) is 0.303. The fourth-order valence-electron chi connectivity index (χ4n) is 5.11. The van der Waals surface area contributed by atoms with Crippen LogP contribution in [-0.2, 0) is 18.3 Å². The summed E-state index contributed by atoms with van der Waals surface area (Å²) in [5, 5.41) is 20.7. The van der Waals surface area contributed by atoms with Gasteiger partial charge in [-0.05, 0) is 72.9 Å². The van der Waals surface area contributed by atoms with Crippen molar-refractivity contribution in [2.24, 2.45) is 18.1 Å². The molecule has 1 N–H and O–H groups in total. The monoisotopic (exact) mass is 540 g/mol. The Morgan fingerprint density at radius 2 is 1.73 bits per heavy atom. The van der Waals surface area contributed by atoms with E-state index in [1.807, 2.05) is 82.3 Å². The Morgan fingerprint density at radius 3 is 2.35 bits per heavy atom. The zero-order valence-corrected chi connectivity index (χ0v) is 24.0. The van der Waals surface area contributed by atoms with Crippen molar-refractivity contribution in [2.45, 2.75) is 53.5 Å². The first-order valence-electron chi connectivity index (χ1n) is 13.7. The van der Waals surface area contributed by atoms with E-state index in [1.54, 1.807) is 10.7 Å². The van der Waals surface area contributed by atoms with Gasteiger partial charge in [0.15, 0.2) is 0 Å². The van der Waals surface area contributed by atoms with Crippen molar-refractivity contribution in [2.75, 3.05) is 5.01 Å². The van der Waals surface area contributed by atoms with Crippen LogP contribution in [0.2, 0.25) is 0 Å². The first kappa shape index (κ1) is 28.7. The first-order chi connectivity index (χ1) is 19.2. The number of aromatic nitrogens is 2. The van der Waals surface area contributed by atoms with Crippen molar-refractivity contribution in [3.8, 4) is 11.1 Å². The minimum atomic E-state index is -0.856. The molecular weight excluding hydrogens is 503 g/mol. The van der Waals surface area contributed by atoms with Gasteiger partial charge in [0.25, 0.3) is 0 Å². The summed E-state index contributed by atoms with van der Waals surface area (Å²) < 4.78 is 16.1. The van der Waals surface area contributed by atoms with Crippen molar-refractivity contribution in [3.63, 3.8) is 0 Å². The maximum Gasteiger partial charge on any atom is 0.305 e. The molecular formula is C33H37FN4O2. The van der Waals surface area contributed by atoms with Gasteiger partial charge in [0, 0.05) is 24.7 Å². The Kier molecular flexibility index (Phi) is 8.83. The zero-order valence-electron chi connectivity index (χ0n) is 24.0. The Bertz CT molecular complexity index is 1520. The summed E-state index contributed by atoms with van der Waals surface area (Å²) >= 11 is 0. The van der Waals surface area contributed by atoms with E-state index in [0.29, 0.717) is 5.56 Å². The largest absolute Gasteiger partial charge is 0.481 e. The number of benzene rings is 3. The smallest absolute Gasteiger partial charge is 0.305 e. The lowest BCUT2D eigenvalue weighted by atomic mass is 9.93. The van der Waals surface area contributed by atoms with Crippen molar-refractivity contribution in [3.05, 3.63) is 107 Å². The summed E-state index contributed by atoms with van der Waals surface area (Å²) in [7, 11) is 1.85. The van der Waals surface area contributed by atoms with Crippen molar-refractivity contribution in [1.82, 2.24) is 9.78 Å². The highest BCUT2D eigenvalue weighted by molar-refractivity contribution is 6.03. The lowest BCUT2D eigenvalue weighted by molar-refractivity contribution is -0.137. The van der Waals surface area contributed by atoms with E-state index in [9.17, 15) is 14.3 Å². The molecule has 4 aromatic rings. The number of hydrazone groups is 1. The molecule has 0 aliphatic carbocycles. The van der Waals surface area contributed by atoms with E-state index in [4.69, 9.17) is 5.10 Å². The highest BCUT2D eigenvalue weighted by Crippen LogP contribution is 2.33. The van der Waals surface area contributed by atoms with Gasteiger partial charge in [-0.2, -0.15) is 10.2 Å². The number of anilines is 1. The third-order valence-electron chi connectivity index (χ3n) is 7.27. The number of aryl methyl sites for hydroxylation is 3. The molecule has 1 aromatic heterocycles. The molecule has 0 spiro atoms. The van der Waals surface area contributed by atoms with Gasteiger partial charge in [-0.1, -0.05) is 62.7 Å². The predicted octanol–water partition coefficient (Wildman–Crippen LogP) is 7.16. The van der Waals surface area contributed by atoms with Gasteiger partial charge in [-0.15, -0.1) is 0 Å². The summed E-state index contributed by atoms with van der Waals surface area (Å²) in [5.41, 5.74) is 8.32. The van der Waals surface area contributed by atoms with Gasteiger partial charge < -0.3 is 5.11 Å². The van der Waals surface area contributed by atoms with Crippen molar-refractivity contribution in [1.29, 1.82) is 0 Å². The summed E-state index contributed by atoms with van der Waals surface area (Å²) in [6, 6.07) is 21.0. The molecule has 1 aliphatic rings. The lowest BCUT2D eigenvalue weighted by Gasteiger charge is -2.25. The van der Waals surface area contributed by atoms with Crippen LogP contribution < -0.4 is 5.01 Å². The third-order valence-corrected chi connectivity index (χ3v) is 7.27. The summed E-state index contributed by atoms with van der Waals surface area (Å²) in [4.78, 5) is 11.6. The minimum absolute atomic E-state index is 0.0180. The van der Waals surface area contributed by atoms with Crippen LogP contribution in [0, 0.1) is 25.6 Å². The number of carbonyl (C=O) groups is 1. The van der Waals surface area contributed by atoms with Crippen molar-refractivity contribution < 1.29 is 14.3 Å². The molecule has 6 nitrogen and oxygen atoms in total. The summed E-state index contributed by atoms with van der Waals surface area (Å²) in [6.07, 6.45) is 2.58.